The fraction of sp³-hybridized carbons (Fsp3) is 0.455. The number of benzene rings is 1. The molecule has 0 radical (unpaired) electrons. The first-order chi connectivity index (χ1) is 6.66. The van der Waals surface area contributed by atoms with Crippen molar-refractivity contribution in [2.75, 3.05) is 6.54 Å². The number of hydrogen-bond donors (Lipinski definition) is 1. The van der Waals surface area contributed by atoms with Gasteiger partial charge in [0, 0.05) is 10.6 Å². The van der Waals surface area contributed by atoms with E-state index < -0.39 is 0 Å². The van der Waals surface area contributed by atoms with E-state index in [9.17, 15) is 4.39 Å². The van der Waals surface area contributed by atoms with Crippen LogP contribution in [0.5, 0.6) is 0 Å². The molecule has 0 fully saturated rings. The van der Waals surface area contributed by atoms with Crippen LogP contribution in [-0.2, 0) is 6.42 Å². The average molecular weight is 216 g/mol. The minimum absolute atomic E-state index is 0.172. The van der Waals surface area contributed by atoms with Crippen LogP contribution in [0.3, 0.4) is 0 Å². The second-order valence-corrected chi connectivity index (χ2v) is 3.80. The molecule has 0 aliphatic carbocycles. The average Bonchev–Trinajstić information content (AvgIpc) is 2.18. The molecule has 0 saturated heterocycles. The van der Waals surface area contributed by atoms with Gasteiger partial charge in [0.2, 0.25) is 0 Å². The Morgan fingerprint density at radius 3 is 2.71 bits per heavy atom. The third-order valence-electron chi connectivity index (χ3n) is 2.30. The first-order valence-corrected chi connectivity index (χ1v) is 5.18. The molecule has 0 bridgehead atoms. The fourth-order valence-corrected chi connectivity index (χ4v) is 1.52. The summed E-state index contributed by atoms with van der Waals surface area (Å²) in [7, 11) is 0. The Morgan fingerprint density at radius 2 is 2.07 bits per heavy atom. The van der Waals surface area contributed by atoms with Crippen molar-refractivity contribution >= 4 is 11.6 Å². The maximum Gasteiger partial charge on any atom is 0.130 e. The van der Waals surface area contributed by atoms with Crippen LogP contribution in [0.1, 0.15) is 24.0 Å². The highest BCUT2D eigenvalue weighted by atomic mass is 35.5. The Balaban J connectivity index is 2.73. The smallest absolute Gasteiger partial charge is 0.130 e. The Bertz CT molecular complexity index is 312. The molecular weight excluding hydrogens is 201 g/mol. The predicted molar refractivity (Wildman–Crippen MR) is 58.1 cm³/mol. The minimum Gasteiger partial charge on any atom is -0.330 e. The van der Waals surface area contributed by atoms with Crippen molar-refractivity contribution in [2.45, 2.75) is 26.2 Å². The number of rotatable bonds is 4. The molecule has 0 aromatic heterocycles. The van der Waals surface area contributed by atoms with Crippen LogP contribution in [0.25, 0.3) is 0 Å². The Labute approximate surface area is 89.1 Å². The first kappa shape index (κ1) is 11.5. The molecule has 0 aliphatic rings. The number of halogens is 2. The monoisotopic (exact) mass is 215 g/mol. The highest BCUT2D eigenvalue weighted by Gasteiger charge is 2.07. The molecule has 0 unspecified atom stereocenters. The molecule has 0 aliphatic heterocycles. The normalized spacial score (nSPS) is 10.6. The molecule has 3 heteroatoms. The predicted octanol–water partition coefficient (Wildman–Crippen LogP) is 3.07. The maximum absolute atomic E-state index is 13.6. The van der Waals surface area contributed by atoms with E-state index in [-0.39, 0.29) is 5.82 Å². The summed E-state index contributed by atoms with van der Waals surface area (Å²) < 4.78 is 13.6. The van der Waals surface area contributed by atoms with Crippen molar-refractivity contribution in [3.8, 4) is 0 Å². The van der Waals surface area contributed by atoms with E-state index in [0.29, 0.717) is 17.1 Å². The van der Waals surface area contributed by atoms with E-state index in [1.807, 2.05) is 0 Å². The molecule has 0 spiro atoms. The van der Waals surface area contributed by atoms with E-state index in [2.05, 4.69) is 0 Å². The molecule has 1 nitrogen and oxygen atoms in total. The molecule has 1 aromatic carbocycles. The van der Waals surface area contributed by atoms with Crippen molar-refractivity contribution in [1.29, 1.82) is 0 Å². The molecule has 1 aromatic rings. The van der Waals surface area contributed by atoms with Gasteiger partial charge in [-0.05, 0) is 44.4 Å². The lowest BCUT2D eigenvalue weighted by Crippen LogP contribution is -2.00. The zero-order valence-corrected chi connectivity index (χ0v) is 9.07. The second kappa shape index (κ2) is 5.32. The van der Waals surface area contributed by atoms with Gasteiger partial charge in [-0.15, -0.1) is 0 Å². The van der Waals surface area contributed by atoms with Crippen molar-refractivity contribution in [1.82, 2.24) is 0 Å². The molecule has 0 saturated carbocycles. The lowest BCUT2D eigenvalue weighted by atomic mass is 10.0. The molecule has 2 N–H and O–H groups in total. The summed E-state index contributed by atoms with van der Waals surface area (Å²) in [4.78, 5) is 0. The molecule has 14 heavy (non-hydrogen) atoms. The quantitative estimate of drug-likeness (QED) is 0.768. The van der Waals surface area contributed by atoms with E-state index in [1.165, 1.54) is 0 Å². The molecule has 78 valence electrons. The van der Waals surface area contributed by atoms with Crippen molar-refractivity contribution < 1.29 is 4.39 Å². The summed E-state index contributed by atoms with van der Waals surface area (Å²) in [6.45, 7) is 2.36. The lowest BCUT2D eigenvalue weighted by molar-refractivity contribution is 0.592. The zero-order chi connectivity index (χ0) is 10.6. The summed E-state index contributed by atoms with van der Waals surface area (Å²) in [5, 5.41) is 0.491. The molecular formula is C11H15ClFN. The number of hydrogen-bond acceptors (Lipinski definition) is 1. The highest BCUT2D eigenvalue weighted by molar-refractivity contribution is 6.31. The number of nitrogens with two attached hydrogens (primary N) is 1. The van der Waals surface area contributed by atoms with Crippen LogP contribution >= 0.6 is 11.6 Å². The molecule has 0 atom stereocenters. The topological polar surface area (TPSA) is 26.0 Å². The van der Waals surface area contributed by atoms with Gasteiger partial charge in [-0.2, -0.15) is 0 Å². The third kappa shape index (κ3) is 2.69. The molecule has 0 amide bonds. The van der Waals surface area contributed by atoms with Gasteiger partial charge in [-0.1, -0.05) is 17.7 Å². The van der Waals surface area contributed by atoms with Gasteiger partial charge in [-0.25, -0.2) is 4.39 Å². The Hall–Kier alpha value is -0.600. The third-order valence-corrected chi connectivity index (χ3v) is 2.71. The van der Waals surface area contributed by atoms with Crippen LogP contribution in [0, 0.1) is 12.7 Å². The van der Waals surface area contributed by atoms with Crippen LogP contribution in [0.4, 0.5) is 4.39 Å². The maximum atomic E-state index is 13.6. The van der Waals surface area contributed by atoms with Gasteiger partial charge in [0.15, 0.2) is 0 Å². The zero-order valence-electron chi connectivity index (χ0n) is 8.32. The summed E-state index contributed by atoms with van der Waals surface area (Å²) in [5.74, 6) is -0.172. The standard InChI is InChI=1S/C11H15ClFN/c1-8-10(12)6-5-9(11(8)13)4-2-3-7-14/h5-6H,2-4,7,14H2,1H3. The minimum atomic E-state index is -0.172. The second-order valence-electron chi connectivity index (χ2n) is 3.39. The fourth-order valence-electron chi connectivity index (χ4n) is 1.37. The van der Waals surface area contributed by atoms with Gasteiger partial charge in [0.25, 0.3) is 0 Å². The SMILES string of the molecule is Cc1c(Cl)ccc(CCCCN)c1F. The van der Waals surface area contributed by atoms with Crippen molar-refractivity contribution in [2.24, 2.45) is 5.73 Å². The number of unbranched alkanes of at least 4 members (excludes halogenated alkanes) is 1. The van der Waals surface area contributed by atoms with E-state index in [1.54, 1.807) is 19.1 Å². The van der Waals surface area contributed by atoms with Gasteiger partial charge < -0.3 is 5.73 Å². The van der Waals surface area contributed by atoms with Crippen LogP contribution < -0.4 is 5.73 Å². The molecule has 1 rings (SSSR count). The molecule has 0 heterocycles. The van der Waals surface area contributed by atoms with Gasteiger partial charge in [0.1, 0.15) is 5.82 Å². The van der Waals surface area contributed by atoms with Crippen LogP contribution in [0.2, 0.25) is 5.02 Å². The summed E-state index contributed by atoms with van der Waals surface area (Å²) in [5.41, 5.74) is 6.65. The summed E-state index contributed by atoms with van der Waals surface area (Å²) in [6.07, 6.45) is 2.59. The van der Waals surface area contributed by atoms with Crippen LogP contribution in [0.15, 0.2) is 12.1 Å². The number of aryl methyl sites for hydroxylation is 1. The van der Waals surface area contributed by atoms with Gasteiger partial charge >= 0.3 is 0 Å². The van der Waals surface area contributed by atoms with Crippen molar-refractivity contribution in [3.05, 3.63) is 34.1 Å². The van der Waals surface area contributed by atoms with Crippen LogP contribution in [-0.4, -0.2) is 6.54 Å². The lowest BCUT2D eigenvalue weighted by Gasteiger charge is -2.06. The Kier molecular flexibility index (Phi) is 4.36. The first-order valence-electron chi connectivity index (χ1n) is 4.80. The Morgan fingerprint density at radius 1 is 1.36 bits per heavy atom. The van der Waals surface area contributed by atoms with E-state index in [4.69, 9.17) is 17.3 Å². The summed E-state index contributed by atoms with van der Waals surface area (Å²) in [6, 6.07) is 3.50. The highest BCUT2D eigenvalue weighted by Crippen LogP contribution is 2.22. The largest absolute Gasteiger partial charge is 0.330 e. The van der Waals surface area contributed by atoms with Gasteiger partial charge in [0.05, 0.1) is 0 Å². The van der Waals surface area contributed by atoms with E-state index in [0.717, 1.165) is 24.8 Å². The van der Waals surface area contributed by atoms with E-state index >= 15 is 0 Å². The van der Waals surface area contributed by atoms with Crippen molar-refractivity contribution in [3.63, 3.8) is 0 Å². The van der Waals surface area contributed by atoms with Gasteiger partial charge in [-0.3, -0.25) is 0 Å². The summed E-state index contributed by atoms with van der Waals surface area (Å²) >= 11 is 5.79.